The van der Waals surface area contributed by atoms with Crippen LogP contribution in [0, 0.1) is 11.8 Å². The molecule has 17 heavy (non-hydrogen) atoms. The smallest absolute Gasteiger partial charge is 0.279 e. The quantitative estimate of drug-likeness (QED) is 0.729. The van der Waals surface area contributed by atoms with Crippen LogP contribution in [0.3, 0.4) is 0 Å². The van der Waals surface area contributed by atoms with Crippen molar-refractivity contribution in [1.29, 1.82) is 0 Å². The van der Waals surface area contributed by atoms with E-state index in [0.29, 0.717) is 31.5 Å². The Labute approximate surface area is 105 Å². The van der Waals surface area contributed by atoms with Gasteiger partial charge in [0.05, 0.1) is 0 Å². The first-order valence-corrected chi connectivity index (χ1v) is 7.79. The molecule has 0 radical (unpaired) electrons. The summed E-state index contributed by atoms with van der Waals surface area (Å²) < 4.78 is 28.3. The van der Waals surface area contributed by atoms with Gasteiger partial charge in [-0.3, -0.25) is 0 Å². The molecule has 6 heteroatoms. The molecule has 1 fully saturated rings. The molecule has 2 N–H and O–H groups in total. The Morgan fingerprint density at radius 2 is 2.12 bits per heavy atom. The van der Waals surface area contributed by atoms with Crippen LogP contribution in [-0.2, 0) is 10.2 Å². The molecular weight excluding hydrogens is 238 g/mol. The van der Waals surface area contributed by atoms with Crippen molar-refractivity contribution in [1.82, 2.24) is 14.3 Å². The fraction of sp³-hybridized carbons (Fsp3) is 1.00. The Bertz CT molecular complexity index is 315. The summed E-state index contributed by atoms with van der Waals surface area (Å²) in [4.78, 5) is 0. The molecule has 1 atom stereocenters. The molecule has 1 aliphatic heterocycles. The predicted molar refractivity (Wildman–Crippen MR) is 70.0 cm³/mol. The predicted octanol–water partition coefficient (Wildman–Crippen LogP) is 0.408. The summed E-state index contributed by atoms with van der Waals surface area (Å²) in [5.74, 6) is 0.770. The van der Waals surface area contributed by atoms with Crippen molar-refractivity contribution in [3.8, 4) is 0 Å². The Balaban J connectivity index is 2.52. The fourth-order valence-electron chi connectivity index (χ4n) is 2.06. The van der Waals surface area contributed by atoms with Crippen molar-refractivity contribution < 1.29 is 8.42 Å². The first kappa shape index (κ1) is 14.9. The number of rotatable bonds is 6. The van der Waals surface area contributed by atoms with E-state index in [1.165, 1.54) is 0 Å². The van der Waals surface area contributed by atoms with E-state index in [4.69, 9.17) is 0 Å². The van der Waals surface area contributed by atoms with Crippen LogP contribution in [0.5, 0.6) is 0 Å². The van der Waals surface area contributed by atoms with Crippen LogP contribution in [0.4, 0.5) is 0 Å². The van der Waals surface area contributed by atoms with E-state index in [1.807, 2.05) is 20.9 Å². The topological polar surface area (TPSA) is 61.4 Å². The lowest BCUT2D eigenvalue weighted by Crippen LogP contribution is -2.48. The molecule has 1 heterocycles. The molecule has 1 saturated heterocycles. The number of nitrogens with zero attached hydrogens (tertiary/aromatic N) is 1. The highest BCUT2D eigenvalue weighted by molar-refractivity contribution is 7.87. The van der Waals surface area contributed by atoms with Gasteiger partial charge in [0.15, 0.2) is 0 Å². The third kappa shape index (κ3) is 4.91. The molecule has 0 bridgehead atoms. The molecule has 0 aromatic rings. The first-order chi connectivity index (χ1) is 7.95. The zero-order valence-corrected chi connectivity index (χ0v) is 11.9. The van der Waals surface area contributed by atoms with Crippen LogP contribution in [0.2, 0.25) is 0 Å². The van der Waals surface area contributed by atoms with Gasteiger partial charge in [0, 0.05) is 19.6 Å². The van der Waals surface area contributed by atoms with Crippen molar-refractivity contribution in [3.63, 3.8) is 0 Å². The highest BCUT2D eigenvalue weighted by atomic mass is 32.2. The summed E-state index contributed by atoms with van der Waals surface area (Å²) >= 11 is 0. The number of hydrogen-bond acceptors (Lipinski definition) is 3. The van der Waals surface area contributed by atoms with Crippen LogP contribution < -0.4 is 10.0 Å². The van der Waals surface area contributed by atoms with Gasteiger partial charge in [-0.15, -0.1) is 0 Å². The molecule has 0 aromatic heterocycles. The summed E-state index contributed by atoms with van der Waals surface area (Å²) in [5.41, 5.74) is 0. The molecule has 1 aliphatic rings. The summed E-state index contributed by atoms with van der Waals surface area (Å²) in [6.45, 7) is 6.68. The maximum atomic E-state index is 12.0. The number of hydrogen-bond donors (Lipinski definition) is 2. The molecule has 102 valence electrons. The highest BCUT2D eigenvalue weighted by Gasteiger charge is 2.28. The first-order valence-electron chi connectivity index (χ1n) is 6.35. The van der Waals surface area contributed by atoms with Gasteiger partial charge in [0.2, 0.25) is 0 Å². The molecule has 0 saturated carbocycles. The van der Waals surface area contributed by atoms with Crippen LogP contribution in [0.25, 0.3) is 0 Å². The van der Waals surface area contributed by atoms with Crippen LogP contribution in [-0.4, -0.2) is 45.9 Å². The minimum absolute atomic E-state index is 0.336. The molecule has 0 aliphatic carbocycles. The molecule has 0 amide bonds. The van der Waals surface area contributed by atoms with Crippen molar-refractivity contribution in [3.05, 3.63) is 0 Å². The summed E-state index contributed by atoms with van der Waals surface area (Å²) in [6.07, 6.45) is 2.06. The fourth-order valence-corrected chi connectivity index (χ4v) is 3.57. The molecule has 1 unspecified atom stereocenters. The maximum absolute atomic E-state index is 12.0. The van der Waals surface area contributed by atoms with Crippen molar-refractivity contribution in [2.24, 2.45) is 11.8 Å². The van der Waals surface area contributed by atoms with Gasteiger partial charge in [0.25, 0.3) is 10.2 Å². The van der Waals surface area contributed by atoms with Crippen molar-refractivity contribution >= 4 is 10.2 Å². The van der Waals surface area contributed by atoms with Crippen LogP contribution in [0.15, 0.2) is 0 Å². The second-order valence-corrected chi connectivity index (χ2v) is 6.93. The summed E-state index contributed by atoms with van der Waals surface area (Å²) in [5, 5.41) is 3.12. The second kappa shape index (κ2) is 6.68. The van der Waals surface area contributed by atoms with E-state index in [-0.39, 0.29) is 0 Å². The average Bonchev–Trinajstić information content (AvgIpc) is 2.27. The zero-order valence-electron chi connectivity index (χ0n) is 11.1. The number of nitrogens with one attached hydrogen (secondary N) is 2. The van der Waals surface area contributed by atoms with E-state index in [2.05, 4.69) is 10.0 Å². The Kier molecular flexibility index (Phi) is 5.85. The summed E-state index contributed by atoms with van der Waals surface area (Å²) in [6, 6.07) is 0. The van der Waals surface area contributed by atoms with E-state index in [0.717, 1.165) is 19.4 Å². The zero-order chi connectivity index (χ0) is 12.9. The summed E-state index contributed by atoms with van der Waals surface area (Å²) in [7, 11) is -1.37. The van der Waals surface area contributed by atoms with Gasteiger partial charge in [-0.05, 0) is 38.3 Å². The molecule has 0 aromatic carbocycles. The van der Waals surface area contributed by atoms with Crippen LogP contribution >= 0.6 is 0 Å². The lowest BCUT2D eigenvalue weighted by atomic mass is 10.00. The molecular formula is C11H25N3O2S. The monoisotopic (exact) mass is 263 g/mol. The van der Waals surface area contributed by atoms with Gasteiger partial charge in [0.1, 0.15) is 0 Å². The SMILES string of the molecule is CNCC1CCCN(S(=O)(=O)NCC(C)C)C1. The lowest BCUT2D eigenvalue weighted by Gasteiger charge is -2.32. The normalized spacial score (nSPS) is 23.2. The third-order valence-electron chi connectivity index (χ3n) is 2.99. The van der Waals surface area contributed by atoms with E-state index in [9.17, 15) is 8.42 Å². The number of piperidine rings is 1. The van der Waals surface area contributed by atoms with E-state index < -0.39 is 10.2 Å². The van der Waals surface area contributed by atoms with Crippen LogP contribution in [0.1, 0.15) is 26.7 Å². The van der Waals surface area contributed by atoms with Gasteiger partial charge >= 0.3 is 0 Å². The van der Waals surface area contributed by atoms with Crippen molar-refractivity contribution in [2.75, 3.05) is 33.2 Å². The van der Waals surface area contributed by atoms with E-state index >= 15 is 0 Å². The molecule has 5 nitrogen and oxygen atoms in total. The minimum atomic E-state index is -3.27. The van der Waals surface area contributed by atoms with Gasteiger partial charge in [-0.1, -0.05) is 13.8 Å². The minimum Gasteiger partial charge on any atom is -0.319 e. The lowest BCUT2D eigenvalue weighted by molar-refractivity contribution is 0.260. The third-order valence-corrected chi connectivity index (χ3v) is 4.53. The molecule has 0 spiro atoms. The largest absolute Gasteiger partial charge is 0.319 e. The van der Waals surface area contributed by atoms with Gasteiger partial charge in [-0.2, -0.15) is 12.7 Å². The van der Waals surface area contributed by atoms with Gasteiger partial charge in [-0.25, -0.2) is 4.72 Å². The van der Waals surface area contributed by atoms with E-state index in [1.54, 1.807) is 4.31 Å². The standard InChI is InChI=1S/C11H25N3O2S/c1-10(2)7-13-17(15,16)14-6-4-5-11(9-14)8-12-3/h10-13H,4-9H2,1-3H3. The van der Waals surface area contributed by atoms with Gasteiger partial charge < -0.3 is 5.32 Å². The van der Waals surface area contributed by atoms with Crippen molar-refractivity contribution in [2.45, 2.75) is 26.7 Å². The second-order valence-electron chi connectivity index (χ2n) is 5.17. The average molecular weight is 263 g/mol. The Morgan fingerprint density at radius 3 is 2.71 bits per heavy atom. The highest BCUT2D eigenvalue weighted by Crippen LogP contribution is 2.17. The Hall–Kier alpha value is -0.170. The maximum Gasteiger partial charge on any atom is 0.279 e. The Morgan fingerprint density at radius 1 is 1.41 bits per heavy atom. The molecule has 1 rings (SSSR count).